The molecule has 0 aromatic heterocycles. The molecule has 0 aromatic rings. The third-order valence-electron chi connectivity index (χ3n) is 11.7. The summed E-state index contributed by atoms with van der Waals surface area (Å²) in [5, 5.41) is 4.19. The lowest BCUT2D eigenvalue weighted by Gasteiger charge is -2.61. The highest BCUT2D eigenvalue weighted by Gasteiger charge is 2.69. The van der Waals surface area contributed by atoms with E-state index in [-0.39, 0.29) is 16.9 Å². The van der Waals surface area contributed by atoms with Crippen molar-refractivity contribution in [1.29, 1.82) is 0 Å². The quantitative estimate of drug-likeness (QED) is 0.563. The van der Waals surface area contributed by atoms with Gasteiger partial charge in [-0.1, -0.05) is 38.5 Å². The molecule has 1 spiro atoms. The van der Waals surface area contributed by atoms with Crippen LogP contribution >= 0.6 is 11.8 Å². The predicted octanol–water partition coefficient (Wildman–Crippen LogP) is 5.45. The summed E-state index contributed by atoms with van der Waals surface area (Å²) in [4.78, 5) is 19.9. The zero-order valence-electron chi connectivity index (χ0n) is 21.8. The number of amidine groups is 1. The van der Waals surface area contributed by atoms with Crippen molar-refractivity contribution < 1.29 is 9.53 Å². The average molecular weight is 488 g/mol. The Labute approximate surface area is 210 Å². The Balaban J connectivity index is 1.21. The van der Waals surface area contributed by atoms with Crippen molar-refractivity contribution in [3.63, 3.8) is 0 Å². The van der Waals surface area contributed by atoms with Gasteiger partial charge in [0.1, 0.15) is 5.72 Å². The van der Waals surface area contributed by atoms with Crippen LogP contribution in [0.1, 0.15) is 91.9 Å². The fourth-order valence-electron chi connectivity index (χ4n) is 9.90. The maximum atomic E-state index is 13.4. The highest BCUT2D eigenvalue weighted by atomic mass is 32.2. The molecule has 6 heteroatoms. The summed E-state index contributed by atoms with van der Waals surface area (Å²) in [6, 6.07) is 0. The number of nitrogens with one attached hydrogen (secondary N) is 1. The minimum absolute atomic E-state index is 0.181. The van der Waals surface area contributed by atoms with Crippen LogP contribution in [0.2, 0.25) is 0 Å². The Morgan fingerprint density at radius 3 is 2.68 bits per heavy atom. The summed E-state index contributed by atoms with van der Waals surface area (Å²) in [6.07, 6.45) is 13.7. The largest absolute Gasteiger partial charge is 0.363 e. The first-order valence-corrected chi connectivity index (χ1v) is 15.1. The molecule has 0 radical (unpaired) electrons. The molecule has 6 rings (SSSR count). The molecule has 7 atom stereocenters. The summed E-state index contributed by atoms with van der Waals surface area (Å²) in [7, 11) is 0. The van der Waals surface area contributed by atoms with E-state index in [4.69, 9.17) is 4.74 Å². The maximum absolute atomic E-state index is 13.4. The monoisotopic (exact) mass is 487 g/mol. The molecule has 4 saturated carbocycles. The molecule has 4 aliphatic carbocycles. The van der Waals surface area contributed by atoms with Gasteiger partial charge >= 0.3 is 0 Å². The third-order valence-corrected chi connectivity index (χ3v) is 12.6. The number of aliphatic imine (C=N–C) groups is 1. The van der Waals surface area contributed by atoms with Gasteiger partial charge in [0.15, 0.2) is 5.17 Å². The first-order chi connectivity index (χ1) is 16.2. The van der Waals surface area contributed by atoms with Crippen LogP contribution in [0.5, 0.6) is 0 Å². The van der Waals surface area contributed by atoms with Gasteiger partial charge in [0.05, 0.1) is 24.4 Å². The highest BCUT2D eigenvalue weighted by Crippen LogP contribution is 2.70. The molecule has 1 N–H and O–H groups in total. The normalized spacial score (nSPS) is 47.1. The van der Waals surface area contributed by atoms with E-state index in [1.54, 1.807) is 11.8 Å². The minimum Gasteiger partial charge on any atom is -0.363 e. The number of rotatable bonds is 2. The summed E-state index contributed by atoms with van der Waals surface area (Å²) in [6.45, 7) is 11.9. The Bertz CT molecular complexity index is 876. The van der Waals surface area contributed by atoms with Crippen LogP contribution in [0.25, 0.3) is 0 Å². The minimum atomic E-state index is -0.537. The van der Waals surface area contributed by atoms with Gasteiger partial charge in [-0.15, -0.1) is 0 Å². The van der Waals surface area contributed by atoms with Crippen LogP contribution in [0.15, 0.2) is 4.99 Å². The number of thioether (sulfide) groups is 1. The van der Waals surface area contributed by atoms with Crippen LogP contribution in [-0.4, -0.2) is 52.7 Å². The molecule has 5 nitrogen and oxygen atoms in total. The molecular formula is C28H45N3O2S. The van der Waals surface area contributed by atoms with E-state index >= 15 is 0 Å². The van der Waals surface area contributed by atoms with E-state index in [2.05, 4.69) is 42.9 Å². The van der Waals surface area contributed by atoms with E-state index in [0.717, 1.165) is 54.9 Å². The van der Waals surface area contributed by atoms with Crippen molar-refractivity contribution in [3.8, 4) is 0 Å². The molecule has 0 bridgehead atoms. The third kappa shape index (κ3) is 3.36. The van der Waals surface area contributed by atoms with Crippen molar-refractivity contribution in [2.45, 2.75) is 103 Å². The lowest BCUT2D eigenvalue weighted by Crippen LogP contribution is -2.57. The molecule has 5 fully saturated rings. The molecule has 2 aliphatic heterocycles. The van der Waals surface area contributed by atoms with Crippen molar-refractivity contribution >= 4 is 22.8 Å². The number of hydrogen-bond acceptors (Lipinski definition) is 5. The second-order valence-electron chi connectivity index (χ2n) is 13.3. The molecule has 7 unspecified atom stereocenters. The van der Waals surface area contributed by atoms with E-state index < -0.39 is 5.72 Å². The zero-order valence-corrected chi connectivity index (χ0v) is 22.6. The van der Waals surface area contributed by atoms with Gasteiger partial charge in [0.2, 0.25) is 5.91 Å². The van der Waals surface area contributed by atoms with Crippen molar-refractivity contribution in [3.05, 3.63) is 0 Å². The molecule has 1 saturated heterocycles. The van der Waals surface area contributed by atoms with Crippen LogP contribution in [0, 0.1) is 34.5 Å². The standard InChI is InChI=1S/C28H45N3O2S/c1-25(2)31(23(32)17-34-24-29-15-16-30-24)18-28(33-25)14-11-22-20-9-8-19-7-5-6-12-26(19,3)21(20)10-13-27(22,28)4/h19-22H,5-18H2,1-4H3,(H,29,30). The van der Waals surface area contributed by atoms with Gasteiger partial charge in [0, 0.05) is 12.0 Å². The highest BCUT2D eigenvalue weighted by molar-refractivity contribution is 8.14. The van der Waals surface area contributed by atoms with Crippen molar-refractivity contribution in [2.75, 3.05) is 25.4 Å². The number of hydrogen-bond donors (Lipinski definition) is 1. The van der Waals surface area contributed by atoms with Gasteiger partial charge in [-0.05, 0) is 94.3 Å². The topological polar surface area (TPSA) is 53.9 Å². The van der Waals surface area contributed by atoms with Crippen LogP contribution in [-0.2, 0) is 9.53 Å². The molecule has 190 valence electrons. The summed E-state index contributed by atoms with van der Waals surface area (Å²) < 4.78 is 7.04. The first-order valence-electron chi connectivity index (χ1n) is 14.1. The lowest BCUT2D eigenvalue weighted by atomic mass is 9.44. The van der Waals surface area contributed by atoms with Gasteiger partial charge < -0.3 is 15.0 Å². The fraction of sp³-hybridized carbons (Fsp3) is 0.929. The van der Waals surface area contributed by atoms with Crippen molar-refractivity contribution in [2.24, 2.45) is 39.5 Å². The van der Waals surface area contributed by atoms with Gasteiger partial charge in [0.25, 0.3) is 0 Å². The Morgan fingerprint density at radius 2 is 1.88 bits per heavy atom. The zero-order chi connectivity index (χ0) is 23.8. The van der Waals surface area contributed by atoms with Crippen LogP contribution < -0.4 is 5.32 Å². The Morgan fingerprint density at radius 1 is 1.06 bits per heavy atom. The van der Waals surface area contributed by atoms with Gasteiger partial charge in [-0.2, -0.15) is 0 Å². The number of fused-ring (bicyclic) bond motifs is 6. The van der Waals surface area contributed by atoms with Gasteiger partial charge in [-0.25, -0.2) is 0 Å². The SMILES string of the molecule is CC12CCCCC1CCC1C2CCC2(C)C1CCC21CN(C(=O)CSC2=NCCN2)C(C)(C)O1. The van der Waals surface area contributed by atoms with E-state index in [1.165, 1.54) is 57.8 Å². The van der Waals surface area contributed by atoms with Crippen molar-refractivity contribution in [1.82, 2.24) is 10.2 Å². The number of ether oxygens (including phenoxy) is 1. The summed E-state index contributed by atoms with van der Waals surface area (Å²) in [5.41, 5.74) is 0.0388. The number of nitrogens with zero attached hydrogens (tertiary/aromatic N) is 2. The summed E-state index contributed by atoms with van der Waals surface area (Å²) in [5.74, 6) is 4.12. The lowest BCUT2D eigenvalue weighted by molar-refractivity contribution is -0.188. The number of carbonyl (C=O) groups excluding carboxylic acids is 1. The van der Waals surface area contributed by atoms with E-state index in [1.807, 2.05) is 0 Å². The number of carbonyl (C=O) groups is 1. The smallest absolute Gasteiger partial charge is 0.235 e. The molecule has 1 amide bonds. The molecule has 6 aliphatic rings. The molecular weight excluding hydrogens is 442 g/mol. The maximum Gasteiger partial charge on any atom is 0.235 e. The van der Waals surface area contributed by atoms with Crippen LogP contribution in [0.4, 0.5) is 0 Å². The second kappa shape index (κ2) is 8.13. The number of amides is 1. The van der Waals surface area contributed by atoms with E-state index in [9.17, 15) is 4.79 Å². The fourth-order valence-corrected chi connectivity index (χ4v) is 10.7. The predicted molar refractivity (Wildman–Crippen MR) is 139 cm³/mol. The Kier molecular flexibility index (Phi) is 5.65. The average Bonchev–Trinajstić information content (AvgIpc) is 3.49. The Hall–Kier alpha value is -0.750. The molecule has 2 heterocycles. The van der Waals surface area contributed by atoms with Gasteiger partial charge in [-0.3, -0.25) is 9.79 Å². The molecule has 0 aromatic carbocycles. The first kappa shape index (κ1) is 23.6. The molecule has 34 heavy (non-hydrogen) atoms. The van der Waals surface area contributed by atoms with E-state index in [0.29, 0.717) is 11.2 Å². The summed E-state index contributed by atoms with van der Waals surface area (Å²) >= 11 is 1.55. The van der Waals surface area contributed by atoms with Crippen LogP contribution in [0.3, 0.4) is 0 Å². The second-order valence-corrected chi connectivity index (χ2v) is 14.3.